The molecule has 0 aromatic carbocycles. The van der Waals surface area contributed by atoms with E-state index in [0.717, 1.165) is 19.6 Å². The van der Waals surface area contributed by atoms with Gasteiger partial charge < -0.3 is 5.73 Å². The molecule has 2 nitrogen and oxygen atoms in total. The second-order valence-corrected chi connectivity index (χ2v) is 6.41. The summed E-state index contributed by atoms with van der Waals surface area (Å²) in [5, 5.41) is 2.13. The molecule has 0 aliphatic rings. The van der Waals surface area contributed by atoms with Crippen molar-refractivity contribution in [2.24, 2.45) is 11.1 Å². The zero-order valence-corrected chi connectivity index (χ0v) is 11.7. The van der Waals surface area contributed by atoms with Crippen LogP contribution in [0.3, 0.4) is 0 Å². The fraction of sp³-hybridized carbons (Fsp3) is 0.692. The lowest BCUT2D eigenvalue weighted by molar-refractivity contribution is 0.201. The second kappa shape index (κ2) is 5.80. The Kier molecular flexibility index (Phi) is 4.96. The quantitative estimate of drug-likeness (QED) is 0.857. The predicted octanol–water partition coefficient (Wildman–Crippen LogP) is 2.94. The van der Waals surface area contributed by atoms with E-state index in [9.17, 15) is 0 Å². The second-order valence-electron chi connectivity index (χ2n) is 5.38. The standard InChI is InChI=1S/C13H24N2S/c1-5-15(9-11-7-6-8-16-11)10-12(14)13(2,3)4/h6-8,12H,5,9-10,14H2,1-4H3. The van der Waals surface area contributed by atoms with E-state index < -0.39 is 0 Å². The molecule has 1 rings (SSSR count). The van der Waals surface area contributed by atoms with Crippen molar-refractivity contribution in [2.75, 3.05) is 13.1 Å². The van der Waals surface area contributed by atoms with Gasteiger partial charge in [-0.3, -0.25) is 4.90 Å². The van der Waals surface area contributed by atoms with Crippen molar-refractivity contribution in [1.82, 2.24) is 4.90 Å². The first-order valence-electron chi connectivity index (χ1n) is 5.93. The van der Waals surface area contributed by atoms with Gasteiger partial charge in [-0.15, -0.1) is 11.3 Å². The third-order valence-corrected chi connectivity index (χ3v) is 3.84. The number of rotatable bonds is 5. The van der Waals surface area contributed by atoms with Crippen LogP contribution in [0.15, 0.2) is 17.5 Å². The molecular formula is C13H24N2S. The highest BCUT2D eigenvalue weighted by atomic mass is 32.1. The zero-order chi connectivity index (χ0) is 12.2. The molecule has 1 unspecified atom stereocenters. The van der Waals surface area contributed by atoms with Crippen LogP contribution in [-0.4, -0.2) is 24.0 Å². The number of nitrogens with two attached hydrogens (primary N) is 1. The van der Waals surface area contributed by atoms with Crippen molar-refractivity contribution in [3.05, 3.63) is 22.4 Å². The van der Waals surface area contributed by atoms with Crippen LogP contribution in [0.4, 0.5) is 0 Å². The number of thiophene rings is 1. The SMILES string of the molecule is CCN(Cc1cccs1)CC(N)C(C)(C)C. The van der Waals surface area contributed by atoms with Crippen molar-refractivity contribution < 1.29 is 0 Å². The van der Waals surface area contributed by atoms with E-state index in [2.05, 4.69) is 50.1 Å². The minimum Gasteiger partial charge on any atom is -0.326 e. The van der Waals surface area contributed by atoms with E-state index in [0.29, 0.717) is 0 Å². The summed E-state index contributed by atoms with van der Waals surface area (Å²) >= 11 is 1.82. The molecule has 16 heavy (non-hydrogen) atoms. The molecule has 0 spiro atoms. The van der Waals surface area contributed by atoms with Gasteiger partial charge in [-0.05, 0) is 23.4 Å². The van der Waals surface area contributed by atoms with E-state index >= 15 is 0 Å². The Labute approximate surface area is 103 Å². The average Bonchev–Trinajstić information content (AvgIpc) is 2.67. The Morgan fingerprint density at radius 2 is 2.12 bits per heavy atom. The molecule has 0 radical (unpaired) electrons. The van der Waals surface area contributed by atoms with Crippen LogP contribution in [0.2, 0.25) is 0 Å². The van der Waals surface area contributed by atoms with Gasteiger partial charge in [0.15, 0.2) is 0 Å². The van der Waals surface area contributed by atoms with Gasteiger partial charge in [0.05, 0.1) is 0 Å². The van der Waals surface area contributed by atoms with Gasteiger partial charge in [0, 0.05) is 24.0 Å². The molecule has 1 aromatic heterocycles. The topological polar surface area (TPSA) is 29.3 Å². The summed E-state index contributed by atoms with van der Waals surface area (Å²) in [6.07, 6.45) is 0. The van der Waals surface area contributed by atoms with Crippen LogP contribution >= 0.6 is 11.3 Å². The van der Waals surface area contributed by atoms with Gasteiger partial charge in [0.2, 0.25) is 0 Å². The van der Waals surface area contributed by atoms with Crippen molar-refractivity contribution in [1.29, 1.82) is 0 Å². The Hall–Kier alpha value is -0.380. The first-order chi connectivity index (χ1) is 7.43. The maximum atomic E-state index is 6.22. The molecular weight excluding hydrogens is 216 g/mol. The first kappa shape index (κ1) is 13.7. The minimum absolute atomic E-state index is 0.183. The molecule has 1 atom stereocenters. The molecule has 0 saturated carbocycles. The predicted molar refractivity (Wildman–Crippen MR) is 72.7 cm³/mol. The average molecular weight is 240 g/mol. The minimum atomic E-state index is 0.183. The Morgan fingerprint density at radius 3 is 2.56 bits per heavy atom. The van der Waals surface area contributed by atoms with Gasteiger partial charge in [0.1, 0.15) is 0 Å². The molecule has 3 heteroatoms. The smallest absolute Gasteiger partial charge is 0.0328 e. The van der Waals surface area contributed by atoms with Crippen LogP contribution in [-0.2, 0) is 6.54 Å². The summed E-state index contributed by atoms with van der Waals surface area (Å²) < 4.78 is 0. The third-order valence-electron chi connectivity index (χ3n) is 2.97. The molecule has 0 fully saturated rings. The van der Waals surface area contributed by atoms with Crippen molar-refractivity contribution in [3.63, 3.8) is 0 Å². The number of hydrogen-bond acceptors (Lipinski definition) is 3. The Balaban J connectivity index is 2.49. The maximum absolute atomic E-state index is 6.22. The van der Waals surface area contributed by atoms with Gasteiger partial charge in [-0.1, -0.05) is 33.8 Å². The number of nitrogens with zero attached hydrogens (tertiary/aromatic N) is 1. The molecule has 0 saturated heterocycles. The van der Waals surface area contributed by atoms with E-state index in [-0.39, 0.29) is 11.5 Å². The zero-order valence-electron chi connectivity index (χ0n) is 10.9. The molecule has 1 aromatic rings. The van der Waals surface area contributed by atoms with Crippen molar-refractivity contribution in [3.8, 4) is 0 Å². The number of hydrogen-bond donors (Lipinski definition) is 1. The summed E-state index contributed by atoms with van der Waals surface area (Å²) in [7, 11) is 0. The van der Waals surface area contributed by atoms with E-state index in [1.54, 1.807) is 0 Å². The Bertz CT molecular complexity index is 287. The van der Waals surface area contributed by atoms with Crippen LogP contribution in [0.1, 0.15) is 32.6 Å². The van der Waals surface area contributed by atoms with Crippen molar-refractivity contribution >= 4 is 11.3 Å². The van der Waals surface area contributed by atoms with E-state index in [1.165, 1.54) is 4.88 Å². The molecule has 0 aliphatic heterocycles. The van der Waals surface area contributed by atoms with Gasteiger partial charge >= 0.3 is 0 Å². The lowest BCUT2D eigenvalue weighted by atomic mass is 9.87. The highest BCUT2D eigenvalue weighted by molar-refractivity contribution is 7.09. The van der Waals surface area contributed by atoms with Crippen LogP contribution in [0.25, 0.3) is 0 Å². The van der Waals surface area contributed by atoms with Gasteiger partial charge in [0.25, 0.3) is 0 Å². The van der Waals surface area contributed by atoms with Gasteiger partial charge in [-0.25, -0.2) is 0 Å². The maximum Gasteiger partial charge on any atom is 0.0328 e. The Morgan fingerprint density at radius 1 is 1.44 bits per heavy atom. The lowest BCUT2D eigenvalue weighted by Gasteiger charge is -2.32. The summed E-state index contributed by atoms with van der Waals surface area (Å²) in [5.74, 6) is 0. The molecule has 0 aliphatic carbocycles. The largest absolute Gasteiger partial charge is 0.326 e. The lowest BCUT2D eigenvalue weighted by Crippen LogP contribution is -2.45. The third kappa shape index (κ3) is 4.24. The summed E-state index contributed by atoms with van der Waals surface area (Å²) in [6.45, 7) is 11.9. The number of likely N-dealkylation sites (N-methyl/N-ethyl adjacent to an activating group) is 1. The highest BCUT2D eigenvalue weighted by Crippen LogP contribution is 2.19. The van der Waals surface area contributed by atoms with E-state index in [4.69, 9.17) is 5.73 Å². The molecule has 0 bridgehead atoms. The summed E-state index contributed by atoms with van der Waals surface area (Å²) in [4.78, 5) is 3.84. The van der Waals surface area contributed by atoms with Crippen LogP contribution < -0.4 is 5.73 Å². The fourth-order valence-corrected chi connectivity index (χ4v) is 2.23. The monoisotopic (exact) mass is 240 g/mol. The molecule has 92 valence electrons. The fourth-order valence-electron chi connectivity index (χ4n) is 1.48. The van der Waals surface area contributed by atoms with Gasteiger partial charge in [-0.2, -0.15) is 0 Å². The summed E-state index contributed by atoms with van der Waals surface area (Å²) in [6, 6.07) is 4.53. The van der Waals surface area contributed by atoms with E-state index in [1.807, 2.05) is 11.3 Å². The first-order valence-corrected chi connectivity index (χ1v) is 6.81. The molecule has 0 amide bonds. The summed E-state index contributed by atoms with van der Waals surface area (Å²) in [5.41, 5.74) is 6.40. The van der Waals surface area contributed by atoms with Crippen molar-refractivity contribution in [2.45, 2.75) is 40.3 Å². The molecule has 1 heterocycles. The molecule has 2 N–H and O–H groups in total. The normalized spacial score (nSPS) is 14.4. The van der Waals surface area contributed by atoms with Crippen LogP contribution in [0.5, 0.6) is 0 Å². The van der Waals surface area contributed by atoms with Crippen LogP contribution in [0, 0.1) is 5.41 Å². The highest BCUT2D eigenvalue weighted by Gasteiger charge is 2.22.